The zero-order chi connectivity index (χ0) is 20.5. The first kappa shape index (κ1) is 19.0. The molecule has 8 heteroatoms. The molecule has 1 aliphatic carbocycles. The molecule has 0 N–H and O–H groups in total. The third-order valence-corrected chi connectivity index (χ3v) is 5.59. The van der Waals surface area contributed by atoms with E-state index >= 15 is 0 Å². The minimum Gasteiger partial charge on any atom is -0.464 e. The molecule has 1 saturated heterocycles. The third-order valence-electron chi connectivity index (χ3n) is 5.59. The normalized spacial score (nSPS) is 22.9. The van der Waals surface area contributed by atoms with Gasteiger partial charge in [-0.05, 0) is 25.0 Å². The van der Waals surface area contributed by atoms with Gasteiger partial charge < -0.3 is 4.74 Å². The van der Waals surface area contributed by atoms with Crippen molar-refractivity contribution in [1.29, 1.82) is 0 Å². The molecule has 4 rings (SSSR count). The highest BCUT2D eigenvalue weighted by atomic mass is 16.5. The first-order chi connectivity index (χ1) is 14.0. The quantitative estimate of drug-likeness (QED) is 0.406. The summed E-state index contributed by atoms with van der Waals surface area (Å²) >= 11 is 0. The molecule has 3 aliphatic rings. The Morgan fingerprint density at radius 2 is 1.41 bits per heavy atom. The SMILES string of the molecule is O=C(CCN1C(=O)[C@H]2CC=CC[C@@H]2C1=O)OCCN1C(=O)c2ccccc2C1=O. The molecule has 0 bridgehead atoms. The molecule has 2 heterocycles. The van der Waals surface area contributed by atoms with E-state index in [1.807, 2.05) is 12.2 Å². The number of imide groups is 2. The van der Waals surface area contributed by atoms with Gasteiger partial charge >= 0.3 is 5.97 Å². The van der Waals surface area contributed by atoms with Gasteiger partial charge in [-0.2, -0.15) is 0 Å². The number of esters is 1. The average molecular weight is 396 g/mol. The summed E-state index contributed by atoms with van der Waals surface area (Å²) in [4.78, 5) is 63.5. The molecule has 29 heavy (non-hydrogen) atoms. The Labute approximate surface area is 167 Å². The molecule has 1 fully saturated rings. The van der Waals surface area contributed by atoms with Crippen molar-refractivity contribution in [2.24, 2.45) is 11.8 Å². The van der Waals surface area contributed by atoms with Crippen LogP contribution in [0.5, 0.6) is 0 Å². The van der Waals surface area contributed by atoms with Crippen LogP contribution in [0.2, 0.25) is 0 Å². The van der Waals surface area contributed by atoms with Crippen LogP contribution >= 0.6 is 0 Å². The topological polar surface area (TPSA) is 101 Å². The Bertz CT molecular complexity index is 876. The highest BCUT2D eigenvalue weighted by Crippen LogP contribution is 2.35. The summed E-state index contributed by atoms with van der Waals surface area (Å²) in [6.45, 7) is -0.201. The lowest BCUT2D eigenvalue weighted by Gasteiger charge is -2.15. The summed E-state index contributed by atoms with van der Waals surface area (Å²) in [5, 5.41) is 0. The maximum Gasteiger partial charge on any atom is 0.307 e. The largest absolute Gasteiger partial charge is 0.464 e. The van der Waals surface area contributed by atoms with Crippen molar-refractivity contribution in [2.45, 2.75) is 19.3 Å². The highest BCUT2D eigenvalue weighted by molar-refractivity contribution is 6.21. The summed E-state index contributed by atoms with van der Waals surface area (Å²) < 4.78 is 5.10. The predicted octanol–water partition coefficient (Wildman–Crippen LogP) is 1.17. The minimum atomic E-state index is -0.588. The number of hydrogen-bond acceptors (Lipinski definition) is 6. The molecule has 2 aliphatic heterocycles. The fraction of sp³-hybridized carbons (Fsp3) is 0.381. The maximum atomic E-state index is 12.4. The Hall–Kier alpha value is -3.29. The second kappa shape index (κ2) is 7.62. The first-order valence-electron chi connectivity index (χ1n) is 9.60. The molecular formula is C21H20N2O6. The average Bonchev–Trinajstić information content (AvgIpc) is 3.12. The number of carbonyl (C=O) groups is 5. The molecule has 0 aromatic heterocycles. The lowest BCUT2D eigenvalue weighted by Crippen LogP contribution is -2.35. The van der Waals surface area contributed by atoms with E-state index in [0.717, 1.165) is 9.80 Å². The van der Waals surface area contributed by atoms with Gasteiger partial charge in [0.1, 0.15) is 6.61 Å². The van der Waals surface area contributed by atoms with Crippen molar-refractivity contribution < 1.29 is 28.7 Å². The summed E-state index contributed by atoms with van der Waals surface area (Å²) in [5.74, 6) is -2.52. The number of ether oxygens (including phenoxy) is 1. The van der Waals surface area contributed by atoms with Crippen molar-refractivity contribution in [3.8, 4) is 0 Å². The van der Waals surface area contributed by atoms with Gasteiger partial charge in [0.15, 0.2) is 0 Å². The molecule has 150 valence electrons. The van der Waals surface area contributed by atoms with E-state index in [-0.39, 0.29) is 49.8 Å². The van der Waals surface area contributed by atoms with Crippen LogP contribution in [-0.4, -0.2) is 59.1 Å². The Balaban J connectivity index is 1.24. The van der Waals surface area contributed by atoms with Crippen LogP contribution in [0.4, 0.5) is 0 Å². The standard InChI is InChI=1S/C21H20N2O6/c24-17(9-10-22-18(25)13-5-1-2-6-14(13)19(22)26)29-12-11-23-20(27)15-7-3-4-8-16(15)21(23)28/h1-4,7-8,13-14H,5-6,9-12H2/t13-,14-/m0/s1. The van der Waals surface area contributed by atoms with E-state index in [9.17, 15) is 24.0 Å². The van der Waals surface area contributed by atoms with Crippen molar-refractivity contribution in [3.63, 3.8) is 0 Å². The Kier molecular flexibility index (Phi) is 5.00. The summed E-state index contributed by atoms with van der Waals surface area (Å²) in [7, 11) is 0. The molecule has 4 amide bonds. The number of nitrogens with zero attached hydrogens (tertiary/aromatic N) is 2. The summed E-state index contributed by atoms with van der Waals surface area (Å²) in [6, 6.07) is 6.53. The van der Waals surface area contributed by atoms with Gasteiger partial charge in [0.2, 0.25) is 11.8 Å². The number of carbonyl (C=O) groups excluding carboxylic acids is 5. The molecule has 1 aromatic rings. The van der Waals surface area contributed by atoms with Crippen molar-refractivity contribution >= 4 is 29.6 Å². The van der Waals surface area contributed by atoms with Gasteiger partial charge in [0, 0.05) is 6.54 Å². The number of benzene rings is 1. The van der Waals surface area contributed by atoms with Crippen LogP contribution in [0.1, 0.15) is 40.0 Å². The number of amides is 4. The second-order valence-electron chi connectivity index (χ2n) is 7.26. The number of hydrogen-bond donors (Lipinski definition) is 0. The predicted molar refractivity (Wildman–Crippen MR) is 99.5 cm³/mol. The zero-order valence-corrected chi connectivity index (χ0v) is 15.7. The van der Waals surface area contributed by atoms with Crippen LogP contribution < -0.4 is 0 Å². The van der Waals surface area contributed by atoms with E-state index < -0.39 is 17.8 Å². The van der Waals surface area contributed by atoms with E-state index in [4.69, 9.17) is 4.74 Å². The first-order valence-corrected chi connectivity index (χ1v) is 9.60. The number of fused-ring (bicyclic) bond motifs is 2. The number of allylic oxidation sites excluding steroid dienone is 2. The highest BCUT2D eigenvalue weighted by Gasteiger charge is 2.47. The van der Waals surface area contributed by atoms with E-state index in [0.29, 0.717) is 24.0 Å². The lowest BCUT2D eigenvalue weighted by atomic mass is 9.85. The molecule has 8 nitrogen and oxygen atoms in total. The van der Waals surface area contributed by atoms with Crippen LogP contribution in [-0.2, 0) is 19.1 Å². The van der Waals surface area contributed by atoms with Crippen LogP contribution in [0, 0.1) is 11.8 Å². The zero-order valence-electron chi connectivity index (χ0n) is 15.7. The lowest BCUT2D eigenvalue weighted by molar-refractivity contribution is -0.146. The van der Waals surface area contributed by atoms with Gasteiger partial charge in [-0.25, -0.2) is 0 Å². The Morgan fingerprint density at radius 3 is 1.97 bits per heavy atom. The van der Waals surface area contributed by atoms with Gasteiger partial charge in [-0.1, -0.05) is 24.3 Å². The van der Waals surface area contributed by atoms with Crippen LogP contribution in [0.3, 0.4) is 0 Å². The van der Waals surface area contributed by atoms with Crippen LogP contribution in [0.15, 0.2) is 36.4 Å². The molecule has 0 radical (unpaired) electrons. The summed E-state index contributed by atoms with van der Waals surface area (Å²) in [5.41, 5.74) is 0.677. The molecule has 2 atom stereocenters. The monoisotopic (exact) mass is 396 g/mol. The van der Waals surface area contributed by atoms with Gasteiger partial charge in [0.25, 0.3) is 11.8 Å². The molecule has 1 aromatic carbocycles. The summed E-state index contributed by atoms with van der Waals surface area (Å²) in [6.07, 6.45) is 4.80. The van der Waals surface area contributed by atoms with Gasteiger partial charge in [-0.15, -0.1) is 0 Å². The second-order valence-corrected chi connectivity index (χ2v) is 7.26. The third kappa shape index (κ3) is 3.35. The van der Waals surface area contributed by atoms with Gasteiger partial charge in [0.05, 0.1) is 35.9 Å². The van der Waals surface area contributed by atoms with Gasteiger partial charge in [-0.3, -0.25) is 33.8 Å². The number of likely N-dealkylation sites (tertiary alicyclic amines) is 1. The van der Waals surface area contributed by atoms with Crippen molar-refractivity contribution in [2.75, 3.05) is 19.7 Å². The fourth-order valence-corrected chi connectivity index (χ4v) is 4.06. The molecule has 0 saturated carbocycles. The Morgan fingerprint density at radius 1 is 0.862 bits per heavy atom. The molecule has 0 spiro atoms. The van der Waals surface area contributed by atoms with Crippen LogP contribution in [0.25, 0.3) is 0 Å². The van der Waals surface area contributed by atoms with Crippen molar-refractivity contribution in [3.05, 3.63) is 47.5 Å². The molecular weight excluding hydrogens is 376 g/mol. The number of rotatable bonds is 6. The van der Waals surface area contributed by atoms with Crippen molar-refractivity contribution in [1.82, 2.24) is 9.80 Å². The van der Waals surface area contributed by atoms with E-state index in [2.05, 4.69) is 0 Å². The van der Waals surface area contributed by atoms with E-state index in [1.165, 1.54) is 0 Å². The maximum absolute atomic E-state index is 12.4. The fourth-order valence-electron chi connectivity index (χ4n) is 4.06. The smallest absolute Gasteiger partial charge is 0.307 e. The molecule has 0 unspecified atom stereocenters. The van der Waals surface area contributed by atoms with E-state index in [1.54, 1.807) is 24.3 Å². The minimum absolute atomic E-state index is 0.0173.